The molecule has 2 bridgehead atoms. The van der Waals surface area contributed by atoms with E-state index < -0.39 is 0 Å². The Labute approximate surface area is 128 Å². The van der Waals surface area contributed by atoms with Gasteiger partial charge in [0.15, 0.2) is 0 Å². The van der Waals surface area contributed by atoms with E-state index in [4.69, 9.17) is 0 Å². The molecule has 116 valence electrons. The van der Waals surface area contributed by atoms with E-state index >= 15 is 0 Å². The number of hydrogen-bond acceptors (Lipinski definition) is 2. The second-order valence-corrected chi connectivity index (χ2v) is 7.72. The van der Waals surface area contributed by atoms with Crippen LogP contribution in [0.3, 0.4) is 0 Å². The predicted octanol–water partition coefficient (Wildman–Crippen LogP) is 3.30. The molecule has 0 spiro atoms. The number of rotatable bonds is 5. The predicted molar refractivity (Wildman–Crippen MR) is 85.2 cm³/mol. The fourth-order valence-corrected chi connectivity index (χ4v) is 5.72. The average molecular weight is 287 g/mol. The minimum Gasteiger partial charge on any atom is -0.314 e. The van der Waals surface area contributed by atoms with Crippen molar-refractivity contribution in [2.75, 3.05) is 6.54 Å². The molecule has 5 atom stereocenters. The molecule has 0 aliphatic heterocycles. The molecular formula is C18H29N3. The van der Waals surface area contributed by atoms with Gasteiger partial charge in [-0.25, -0.2) is 0 Å². The molecule has 3 fully saturated rings. The number of fused-ring (bicyclic) bond motifs is 5. The summed E-state index contributed by atoms with van der Waals surface area (Å²) in [4.78, 5) is 0. The van der Waals surface area contributed by atoms with Gasteiger partial charge in [-0.3, -0.25) is 4.68 Å². The first-order chi connectivity index (χ1) is 10.2. The van der Waals surface area contributed by atoms with Crippen LogP contribution in [-0.4, -0.2) is 22.4 Å². The molecule has 0 aromatic carbocycles. The lowest BCUT2D eigenvalue weighted by molar-refractivity contribution is 0.208. The molecule has 4 rings (SSSR count). The molecule has 3 nitrogen and oxygen atoms in total. The molecule has 1 aromatic heterocycles. The normalized spacial score (nSPS) is 37.3. The van der Waals surface area contributed by atoms with Crippen LogP contribution in [-0.2, 0) is 6.54 Å². The van der Waals surface area contributed by atoms with Crippen molar-refractivity contribution < 1.29 is 0 Å². The van der Waals surface area contributed by atoms with E-state index in [0.717, 1.165) is 48.5 Å². The minimum atomic E-state index is 0.829. The molecule has 1 N–H and O–H groups in total. The fraction of sp³-hybridized carbons (Fsp3) is 0.833. The van der Waals surface area contributed by atoms with Crippen molar-refractivity contribution in [1.29, 1.82) is 0 Å². The molecule has 0 saturated heterocycles. The van der Waals surface area contributed by atoms with Crippen molar-refractivity contribution in [1.82, 2.24) is 15.1 Å². The Morgan fingerprint density at radius 1 is 1.19 bits per heavy atom. The number of aromatic nitrogens is 2. The summed E-state index contributed by atoms with van der Waals surface area (Å²) < 4.78 is 2.16. The monoisotopic (exact) mass is 287 g/mol. The van der Waals surface area contributed by atoms with Crippen molar-refractivity contribution in [3.63, 3.8) is 0 Å². The summed E-state index contributed by atoms with van der Waals surface area (Å²) >= 11 is 0. The van der Waals surface area contributed by atoms with Crippen molar-refractivity contribution in [2.45, 2.75) is 65.0 Å². The van der Waals surface area contributed by atoms with Crippen LogP contribution in [0.1, 0.15) is 49.9 Å². The van der Waals surface area contributed by atoms with E-state index in [9.17, 15) is 0 Å². The van der Waals surface area contributed by atoms with E-state index in [1.807, 2.05) is 0 Å². The first kappa shape index (κ1) is 13.8. The quantitative estimate of drug-likeness (QED) is 0.842. The maximum atomic E-state index is 4.55. The van der Waals surface area contributed by atoms with Crippen LogP contribution in [0.15, 0.2) is 6.07 Å². The third-order valence-corrected chi connectivity index (χ3v) is 6.49. The highest BCUT2D eigenvalue weighted by Crippen LogP contribution is 2.58. The molecule has 1 heterocycles. The highest BCUT2D eigenvalue weighted by atomic mass is 15.3. The highest BCUT2D eigenvalue weighted by molar-refractivity contribution is 5.07. The van der Waals surface area contributed by atoms with Gasteiger partial charge < -0.3 is 5.32 Å². The Bertz CT molecular complexity index is 507. The van der Waals surface area contributed by atoms with Crippen molar-refractivity contribution >= 4 is 0 Å². The van der Waals surface area contributed by atoms with Gasteiger partial charge in [0.25, 0.3) is 0 Å². The van der Waals surface area contributed by atoms with Crippen molar-refractivity contribution in [2.24, 2.45) is 23.7 Å². The highest BCUT2D eigenvalue weighted by Gasteiger charge is 2.53. The number of nitrogens with zero attached hydrogens (tertiary/aromatic N) is 2. The summed E-state index contributed by atoms with van der Waals surface area (Å²) in [5.41, 5.74) is 2.43. The van der Waals surface area contributed by atoms with E-state index in [0.29, 0.717) is 0 Å². The van der Waals surface area contributed by atoms with Crippen LogP contribution in [0.25, 0.3) is 0 Å². The van der Waals surface area contributed by atoms with Gasteiger partial charge >= 0.3 is 0 Å². The molecular weight excluding hydrogens is 258 g/mol. The first-order valence-corrected chi connectivity index (χ1v) is 8.97. The number of nitrogens with one attached hydrogen (secondary N) is 1. The van der Waals surface area contributed by atoms with E-state index in [1.165, 1.54) is 44.2 Å². The zero-order chi connectivity index (χ0) is 14.4. The molecule has 3 saturated carbocycles. The molecule has 21 heavy (non-hydrogen) atoms. The standard InChI is InChI=1S/C18H29N3/c1-12-9-13(2)21(20-12)8-4-7-19-18-11-14-10-17(18)16-6-3-5-15(14)16/h9,14-19H,3-8,10-11H2,1-2H3. The van der Waals surface area contributed by atoms with Gasteiger partial charge in [-0.05, 0) is 82.2 Å². The van der Waals surface area contributed by atoms with E-state index in [-0.39, 0.29) is 0 Å². The maximum Gasteiger partial charge on any atom is 0.0596 e. The Balaban J connectivity index is 1.24. The molecule has 3 heteroatoms. The topological polar surface area (TPSA) is 29.9 Å². The number of hydrogen-bond donors (Lipinski definition) is 1. The Morgan fingerprint density at radius 3 is 2.86 bits per heavy atom. The zero-order valence-corrected chi connectivity index (χ0v) is 13.5. The summed E-state index contributed by atoms with van der Waals surface area (Å²) in [7, 11) is 0. The summed E-state index contributed by atoms with van der Waals surface area (Å²) in [5.74, 6) is 4.27. The van der Waals surface area contributed by atoms with Crippen molar-refractivity contribution in [3.05, 3.63) is 17.5 Å². The molecule has 0 radical (unpaired) electrons. The fourth-order valence-electron chi connectivity index (χ4n) is 5.72. The molecule has 5 unspecified atom stereocenters. The van der Waals surface area contributed by atoms with Crippen LogP contribution in [0.4, 0.5) is 0 Å². The van der Waals surface area contributed by atoms with Gasteiger partial charge in [-0.15, -0.1) is 0 Å². The van der Waals surface area contributed by atoms with Crippen LogP contribution >= 0.6 is 0 Å². The van der Waals surface area contributed by atoms with Crippen LogP contribution in [0.5, 0.6) is 0 Å². The lowest BCUT2D eigenvalue weighted by Crippen LogP contribution is -2.39. The first-order valence-electron chi connectivity index (χ1n) is 8.97. The molecule has 3 aliphatic rings. The second-order valence-electron chi connectivity index (χ2n) is 7.72. The van der Waals surface area contributed by atoms with Gasteiger partial charge in [-0.2, -0.15) is 5.10 Å². The summed E-state index contributed by atoms with van der Waals surface area (Å²) in [6.45, 7) is 6.45. The smallest absolute Gasteiger partial charge is 0.0596 e. The van der Waals surface area contributed by atoms with Gasteiger partial charge in [0.2, 0.25) is 0 Å². The van der Waals surface area contributed by atoms with Crippen molar-refractivity contribution in [3.8, 4) is 0 Å². The zero-order valence-electron chi connectivity index (χ0n) is 13.5. The largest absolute Gasteiger partial charge is 0.314 e. The summed E-state index contributed by atoms with van der Waals surface area (Å²) in [6, 6.07) is 3.00. The lowest BCUT2D eigenvalue weighted by Gasteiger charge is -2.32. The third-order valence-electron chi connectivity index (χ3n) is 6.49. The van der Waals surface area contributed by atoms with Gasteiger partial charge in [0, 0.05) is 18.3 Å². The Kier molecular flexibility index (Phi) is 3.56. The second kappa shape index (κ2) is 5.42. The van der Waals surface area contributed by atoms with Crippen LogP contribution in [0.2, 0.25) is 0 Å². The summed E-state index contributed by atoms with van der Waals surface area (Å²) in [6.07, 6.45) is 8.76. The summed E-state index contributed by atoms with van der Waals surface area (Å²) in [5, 5.41) is 8.43. The SMILES string of the molecule is Cc1cc(C)n(CCCNC2CC3CC2C2CCCC32)n1. The molecule has 1 aromatic rings. The maximum absolute atomic E-state index is 4.55. The average Bonchev–Trinajstić information content (AvgIpc) is 3.16. The molecule has 0 amide bonds. The van der Waals surface area contributed by atoms with E-state index in [2.05, 4.69) is 35.0 Å². The van der Waals surface area contributed by atoms with E-state index in [1.54, 1.807) is 0 Å². The molecule has 3 aliphatic carbocycles. The lowest BCUT2D eigenvalue weighted by atomic mass is 9.79. The van der Waals surface area contributed by atoms with Crippen LogP contribution in [0, 0.1) is 37.5 Å². The Hall–Kier alpha value is -0.830. The van der Waals surface area contributed by atoms with Crippen LogP contribution < -0.4 is 5.32 Å². The van der Waals surface area contributed by atoms with Gasteiger partial charge in [0.1, 0.15) is 0 Å². The van der Waals surface area contributed by atoms with Gasteiger partial charge in [0.05, 0.1) is 5.69 Å². The minimum absolute atomic E-state index is 0.829. The number of aryl methyl sites for hydroxylation is 3. The van der Waals surface area contributed by atoms with Gasteiger partial charge in [-0.1, -0.05) is 6.42 Å². The Morgan fingerprint density at radius 2 is 2.05 bits per heavy atom. The third kappa shape index (κ3) is 2.44.